The van der Waals surface area contributed by atoms with Gasteiger partial charge in [-0.1, -0.05) is 35.4 Å². The van der Waals surface area contributed by atoms with Gasteiger partial charge in [-0.3, -0.25) is 4.79 Å². The minimum absolute atomic E-state index is 0.0261. The number of nitrogens with zero attached hydrogens (tertiary/aromatic N) is 1. The molecule has 1 amide bonds. The molecule has 4 rings (SSSR count). The SMILES string of the molecule is C=C(C)C(=C(C)C)c1c(Cl)ccc2c(CCCOc3cc(C)c(C)c(C)c3)c3n(c12)C[C@H](C)NC3=O. The van der Waals surface area contributed by atoms with Crippen molar-refractivity contribution in [3.8, 4) is 5.75 Å². The standard InChI is InChI=1S/C31H37ClN2O2/c1-17(2)27(18(3)4)28-26(32)12-11-25-24(30-31(35)33-21(7)16-34(30)29(25)28)10-9-13-36-23-14-19(5)22(8)20(6)15-23/h11-12,14-15,21H,1,9-10,13,16H2,2-8H3,(H,33,35)/t21-/m0/s1. The maximum absolute atomic E-state index is 13.3. The lowest BCUT2D eigenvalue weighted by Gasteiger charge is -2.25. The van der Waals surface area contributed by atoms with Crippen molar-refractivity contribution in [1.82, 2.24) is 9.88 Å². The molecule has 190 valence electrons. The zero-order valence-corrected chi connectivity index (χ0v) is 23.3. The van der Waals surface area contributed by atoms with Gasteiger partial charge in [0.05, 0.1) is 17.1 Å². The van der Waals surface area contributed by atoms with Crippen LogP contribution in [0.1, 0.15) is 72.4 Å². The van der Waals surface area contributed by atoms with E-state index in [1.54, 1.807) is 0 Å². The Hall–Kier alpha value is -2.98. The van der Waals surface area contributed by atoms with Crippen molar-refractivity contribution in [1.29, 1.82) is 0 Å². The molecule has 2 heterocycles. The molecule has 1 aromatic heterocycles. The van der Waals surface area contributed by atoms with E-state index >= 15 is 0 Å². The molecule has 0 bridgehead atoms. The summed E-state index contributed by atoms with van der Waals surface area (Å²) >= 11 is 6.83. The van der Waals surface area contributed by atoms with E-state index in [1.807, 2.05) is 19.9 Å². The molecule has 1 aliphatic rings. The second kappa shape index (κ2) is 10.2. The number of aryl methyl sites for hydroxylation is 3. The Morgan fingerprint density at radius 3 is 2.44 bits per heavy atom. The van der Waals surface area contributed by atoms with Gasteiger partial charge < -0.3 is 14.6 Å². The Morgan fingerprint density at radius 1 is 1.17 bits per heavy atom. The number of amides is 1. The summed E-state index contributed by atoms with van der Waals surface area (Å²) in [5, 5.41) is 4.89. The molecule has 0 saturated carbocycles. The molecule has 0 spiro atoms. The molecule has 3 aromatic rings. The van der Waals surface area contributed by atoms with Gasteiger partial charge >= 0.3 is 0 Å². The summed E-state index contributed by atoms with van der Waals surface area (Å²) in [6, 6.07) is 8.25. The maximum atomic E-state index is 13.3. The summed E-state index contributed by atoms with van der Waals surface area (Å²) in [7, 11) is 0. The molecule has 36 heavy (non-hydrogen) atoms. The van der Waals surface area contributed by atoms with Crippen molar-refractivity contribution in [3.63, 3.8) is 0 Å². The third-order valence-electron chi connectivity index (χ3n) is 7.24. The van der Waals surface area contributed by atoms with Crippen LogP contribution >= 0.6 is 11.6 Å². The number of hydrogen-bond donors (Lipinski definition) is 1. The number of nitrogens with one attached hydrogen (secondary N) is 1. The first-order valence-electron chi connectivity index (χ1n) is 12.7. The van der Waals surface area contributed by atoms with Crippen LogP contribution in [0.2, 0.25) is 5.02 Å². The lowest BCUT2D eigenvalue weighted by atomic mass is 9.93. The molecule has 0 fully saturated rings. The van der Waals surface area contributed by atoms with Crippen LogP contribution in [-0.4, -0.2) is 23.1 Å². The van der Waals surface area contributed by atoms with E-state index < -0.39 is 0 Å². The van der Waals surface area contributed by atoms with Crippen LogP contribution in [0, 0.1) is 20.8 Å². The van der Waals surface area contributed by atoms with Crippen molar-refractivity contribution in [3.05, 3.63) is 80.5 Å². The fourth-order valence-corrected chi connectivity index (χ4v) is 5.69. The van der Waals surface area contributed by atoms with E-state index in [1.165, 1.54) is 16.7 Å². The number of rotatable bonds is 7. The number of hydrogen-bond acceptors (Lipinski definition) is 2. The number of carbonyl (C=O) groups is 1. The van der Waals surface area contributed by atoms with Crippen LogP contribution in [0.3, 0.4) is 0 Å². The van der Waals surface area contributed by atoms with E-state index in [0.29, 0.717) is 18.2 Å². The first kappa shape index (κ1) is 26.1. The van der Waals surface area contributed by atoms with Crippen LogP contribution < -0.4 is 10.1 Å². The zero-order chi connectivity index (χ0) is 26.3. The van der Waals surface area contributed by atoms with E-state index in [4.69, 9.17) is 16.3 Å². The molecule has 0 radical (unpaired) electrons. The van der Waals surface area contributed by atoms with Gasteiger partial charge in [-0.2, -0.15) is 0 Å². The molecule has 1 aliphatic heterocycles. The number of ether oxygens (including phenoxy) is 1. The van der Waals surface area contributed by atoms with Crippen molar-refractivity contribution in [2.75, 3.05) is 6.61 Å². The van der Waals surface area contributed by atoms with Gasteiger partial charge in [0.25, 0.3) is 5.91 Å². The molecular formula is C31H37ClN2O2. The molecule has 0 unspecified atom stereocenters. The van der Waals surface area contributed by atoms with Gasteiger partial charge in [0, 0.05) is 23.5 Å². The normalized spacial score (nSPS) is 15.0. The lowest BCUT2D eigenvalue weighted by Crippen LogP contribution is -2.42. The van der Waals surface area contributed by atoms with E-state index in [9.17, 15) is 4.79 Å². The zero-order valence-electron chi connectivity index (χ0n) is 22.6. The van der Waals surface area contributed by atoms with Crippen LogP contribution in [-0.2, 0) is 13.0 Å². The predicted molar refractivity (Wildman–Crippen MR) is 151 cm³/mol. The van der Waals surface area contributed by atoms with Crippen LogP contribution in [0.25, 0.3) is 16.5 Å². The van der Waals surface area contributed by atoms with Crippen LogP contribution in [0.4, 0.5) is 0 Å². The van der Waals surface area contributed by atoms with Gasteiger partial charge in [-0.25, -0.2) is 0 Å². The molecular weight excluding hydrogens is 468 g/mol. The van der Waals surface area contributed by atoms with Crippen molar-refractivity contribution in [2.24, 2.45) is 0 Å². The minimum Gasteiger partial charge on any atom is -0.494 e. The fourth-order valence-electron chi connectivity index (χ4n) is 5.45. The monoisotopic (exact) mass is 504 g/mol. The molecule has 1 atom stereocenters. The Balaban J connectivity index is 1.75. The molecule has 1 N–H and O–H groups in total. The second-order valence-corrected chi connectivity index (χ2v) is 10.8. The summed E-state index contributed by atoms with van der Waals surface area (Å²) in [4.78, 5) is 13.3. The maximum Gasteiger partial charge on any atom is 0.268 e. The lowest BCUT2D eigenvalue weighted by molar-refractivity contribution is 0.0906. The summed E-state index contributed by atoms with van der Waals surface area (Å²) in [6.45, 7) is 20.1. The summed E-state index contributed by atoms with van der Waals surface area (Å²) < 4.78 is 8.29. The Morgan fingerprint density at radius 2 is 1.83 bits per heavy atom. The van der Waals surface area contributed by atoms with Crippen molar-refractivity contribution in [2.45, 2.75) is 73.9 Å². The Labute approximate surface area is 220 Å². The number of aromatic nitrogens is 1. The van der Waals surface area contributed by atoms with Crippen molar-refractivity contribution < 1.29 is 9.53 Å². The summed E-state index contributed by atoms with van der Waals surface area (Å²) in [5.74, 6) is 0.872. The Bertz CT molecular complexity index is 1380. The first-order valence-corrected chi connectivity index (χ1v) is 13.1. The highest BCUT2D eigenvalue weighted by molar-refractivity contribution is 6.34. The number of allylic oxidation sites excluding steroid dienone is 3. The number of benzene rings is 2. The number of carbonyl (C=O) groups excluding carboxylic acids is 1. The molecule has 0 saturated heterocycles. The van der Waals surface area contributed by atoms with Gasteiger partial charge in [0.2, 0.25) is 0 Å². The fraction of sp³-hybridized carbons (Fsp3) is 0.387. The predicted octanol–water partition coefficient (Wildman–Crippen LogP) is 7.73. The highest BCUT2D eigenvalue weighted by atomic mass is 35.5. The molecule has 5 heteroatoms. The average molecular weight is 505 g/mol. The average Bonchev–Trinajstić information content (AvgIpc) is 3.10. The first-order chi connectivity index (χ1) is 17.0. The van der Waals surface area contributed by atoms with Crippen LogP contribution in [0.15, 0.2) is 42.0 Å². The smallest absolute Gasteiger partial charge is 0.268 e. The van der Waals surface area contributed by atoms with Crippen molar-refractivity contribution >= 4 is 34.0 Å². The number of halogens is 1. The van der Waals surface area contributed by atoms with Gasteiger partial charge in [-0.05, 0) is 107 Å². The van der Waals surface area contributed by atoms with Gasteiger partial charge in [0.1, 0.15) is 11.4 Å². The van der Waals surface area contributed by atoms with Gasteiger partial charge in [-0.15, -0.1) is 0 Å². The van der Waals surface area contributed by atoms with E-state index in [0.717, 1.165) is 63.0 Å². The minimum atomic E-state index is -0.0261. The van der Waals surface area contributed by atoms with E-state index in [2.05, 4.69) is 69.3 Å². The molecule has 0 aliphatic carbocycles. The highest BCUT2D eigenvalue weighted by Gasteiger charge is 2.31. The second-order valence-electron chi connectivity index (χ2n) is 10.4. The third-order valence-corrected chi connectivity index (χ3v) is 7.56. The summed E-state index contributed by atoms with van der Waals surface area (Å²) in [5.41, 5.74) is 10.7. The topological polar surface area (TPSA) is 43.3 Å². The molecule has 4 nitrogen and oxygen atoms in total. The highest BCUT2D eigenvalue weighted by Crippen LogP contribution is 2.41. The third kappa shape index (κ3) is 4.71. The molecule has 2 aromatic carbocycles. The van der Waals surface area contributed by atoms with E-state index in [-0.39, 0.29) is 11.9 Å². The Kier molecular flexibility index (Phi) is 7.38. The van der Waals surface area contributed by atoms with Crippen LogP contribution in [0.5, 0.6) is 5.75 Å². The largest absolute Gasteiger partial charge is 0.494 e. The summed E-state index contributed by atoms with van der Waals surface area (Å²) in [6.07, 6.45) is 1.54. The quantitative estimate of drug-likeness (QED) is 0.264. The van der Waals surface area contributed by atoms with Gasteiger partial charge in [0.15, 0.2) is 0 Å². The number of fused-ring (bicyclic) bond motifs is 3.